The van der Waals surface area contributed by atoms with Crippen LogP contribution in [-0.4, -0.2) is 55.2 Å². The topological polar surface area (TPSA) is 75.0 Å². The van der Waals surface area contributed by atoms with Crippen molar-refractivity contribution in [3.05, 3.63) is 40.2 Å². The Balaban J connectivity index is 1.81. The van der Waals surface area contributed by atoms with E-state index in [4.69, 9.17) is 9.15 Å². The van der Waals surface area contributed by atoms with Crippen molar-refractivity contribution >= 4 is 22.7 Å². The van der Waals surface area contributed by atoms with Gasteiger partial charge in [0.05, 0.1) is 6.61 Å². The van der Waals surface area contributed by atoms with Crippen LogP contribution in [0.2, 0.25) is 0 Å². The molecular weight excluding hydrogens is 358 g/mol. The average Bonchev–Trinajstić information content (AvgIpc) is 2.63. The van der Waals surface area contributed by atoms with Crippen LogP contribution in [0, 0.1) is 0 Å². The number of benzene rings is 1. The quantitative estimate of drug-likeness (QED) is 0.794. The molecule has 0 bridgehead atoms. The van der Waals surface area contributed by atoms with Gasteiger partial charge in [-0.3, -0.25) is 10.2 Å². The molecule has 7 nitrogen and oxygen atoms in total. The Hall–Kier alpha value is -2.38. The number of rotatable bonds is 5. The fraction of sp³-hybridized carbons (Fsp3) is 0.524. The highest BCUT2D eigenvalue weighted by molar-refractivity contribution is 5.89. The molecule has 2 heterocycles. The molecule has 2 atom stereocenters. The van der Waals surface area contributed by atoms with Gasteiger partial charge in [0.15, 0.2) is 0 Å². The Morgan fingerprint density at radius 1 is 1.39 bits per heavy atom. The molecule has 152 valence electrons. The third kappa shape index (κ3) is 4.72. The number of piperidine rings is 1. The zero-order valence-electron chi connectivity index (χ0n) is 17.0. The first-order valence-electron chi connectivity index (χ1n) is 9.78. The van der Waals surface area contributed by atoms with E-state index in [9.17, 15) is 9.59 Å². The zero-order chi connectivity index (χ0) is 20.3. The van der Waals surface area contributed by atoms with E-state index in [1.54, 1.807) is 25.1 Å². The van der Waals surface area contributed by atoms with E-state index in [1.165, 1.54) is 0 Å². The van der Waals surface area contributed by atoms with Gasteiger partial charge >= 0.3 is 11.7 Å². The molecule has 28 heavy (non-hydrogen) atoms. The number of carbonyl (C=O) groups excluding carboxylic acids is 1. The van der Waals surface area contributed by atoms with Crippen LogP contribution < -0.4 is 10.9 Å². The Bertz CT molecular complexity index is 895. The molecule has 2 aromatic rings. The minimum atomic E-state index is -0.531. The molecule has 0 radical (unpaired) electrons. The van der Waals surface area contributed by atoms with Crippen molar-refractivity contribution in [1.29, 1.82) is 0 Å². The molecule has 1 aromatic heterocycles. The number of fused-ring (bicyclic) bond motifs is 1. The number of nitrogens with zero attached hydrogens (tertiary/aromatic N) is 2. The molecule has 0 saturated carbocycles. The third-order valence-corrected chi connectivity index (χ3v) is 5.58. The maximum Gasteiger partial charge on any atom is 0.411 e. The predicted octanol–water partition coefficient (Wildman–Crippen LogP) is 3.28. The molecule has 7 heteroatoms. The first kappa shape index (κ1) is 20.4. The zero-order valence-corrected chi connectivity index (χ0v) is 17.0. The number of hydrogen-bond donors (Lipinski definition) is 1. The molecule has 1 aliphatic rings. The van der Waals surface area contributed by atoms with Crippen LogP contribution >= 0.6 is 0 Å². The number of likely N-dealkylation sites (tertiary alicyclic amines) is 1. The Labute approximate surface area is 165 Å². The van der Waals surface area contributed by atoms with E-state index in [0.717, 1.165) is 30.3 Å². The maximum absolute atomic E-state index is 12.1. The smallest absolute Gasteiger partial charge is 0.411 e. The lowest BCUT2D eigenvalue weighted by molar-refractivity contribution is 0.101. The van der Waals surface area contributed by atoms with Crippen molar-refractivity contribution in [3.8, 4) is 0 Å². The van der Waals surface area contributed by atoms with E-state index in [1.807, 2.05) is 6.07 Å². The van der Waals surface area contributed by atoms with Gasteiger partial charge in [-0.1, -0.05) is 0 Å². The average molecular weight is 387 g/mol. The van der Waals surface area contributed by atoms with Crippen LogP contribution in [0.5, 0.6) is 0 Å². The monoisotopic (exact) mass is 387 g/mol. The second-order valence-corrected chi connectivity index (χ2v) is 7.57. The van der Waals surface area contributed by atoms with E-state index >= 15 is 0 Å². The van der Waals surface area contributed by atoms with Gasteiger partial charge in [0.2, 0.25) is 0 Å². The van der Waals surface area contributed by atoms with E-state index in [2.05, 4.69) is 36.1 Å². The number of nitrogens with one attached hydrogen (secondary N) is 1. The molecule has 0 aliphatic carbocycles. The van der Waals surface area contributed by atoms with Crippen molar-refractivity contribution in [2.24, 2.45) is 0 Å². The summed E-state index contributed by atoms with van der Waals surface area (Å²) in [6, 6.07) is 7.93. The highest BCUT2D eigenvalue weighted by Crippen LogP contribution is 2.25. The summed E-state index contributed by atoms with van der Waals surface area (Å²) in [4.78, 5) is 28.4. The van der Waals surface area contributed by atoms with Crippen LogP contribution in [0.4, 0.5) is 10.5 Å². The van der Waals surface area contributed by atoms with E-state index < -0.39 is 6.09 Å². The predicted molar refractivity (Wildman–Crippen MR) is 110 cm³/mol. The number of anilines is 1. The summed E-state index contributed by atoms with van der Waals surface area (Å²) in [5.41, 5.74) is 1.54. The summed E-state index contributed by atoms with van der Waals surface area (Å²) in [7, 11) is 4.28. The normalized spacial score (nSPS) is 20.5. The van der Waals surface area contributed by atoms with Gasteiger partial charge in [0, 0.05) is 41.8 Å². The SMILES string of the molecule is CCOC(=O)Nc1ccc2c(CN(C)[C@@H]3CCN(C)[C@@H](C)C3)cc(=O)oc2c1. The van der Waals surface area contributed by atoms with E-state index in [0.29, 0.717) is 36.5 Å². The summed E-state index contributed by atoms with van der Waals surface area (Å²) in [5, 5.41) is 3.51. The molecule has 0 unspecified atom stereocenters. The van der Waals surface area contributed by atoms with Crippen LogP contribution in [0.15, 0.2) is 33.5 Å². The molecule has 1 aromatic carbocycles. The summed E-state index contributed by atoms with van der Waals surface area (Å²) >= 11 is 0. The van der Waals surface area contributed by atoms with Gasteiger partial charge in [0.1, 0.15) is 5.58 Å². The van der Waals surface area contributed by atoms with Crippen LogP contribution in [0.3, 0.4) is 0 Å². The van der Waals surface area contributed by atoms with Gasteiger partial charge in [-0.25, -0.2) is 9.59 Å². The lowest BCUT2D eigenvalue weighted by atomic mass is 9.97. The molecular formula is C21H29N3O4. The van der Waals surface area contributed by atoms with Crippen molar-refractivity contribution in [2.45, 2.75) is 45.3 Å². The van der Waals surface area contributed by atoms with Gasteiger partial charge < -0.3 is 14.1 Å². The van der Waals surface area contributed by atoms with Crippen molar-refractivity contribution in [2.75, 3.05) is 32.6 Å². The fourth-order valence-electron chi connectivity index (χ4n) is 3.79. The highest BCUT2D eigenvalue weighted by atomic mass is 16.5. The molecule has 1 aliphatic heterocycles. The first-order chi connectivity index (χ1) is 13.4. The number of hydrogen-bond acceptors (Lipinski definition) is 6. The molecule has 3 rings (SSSR count). The largest absolute Gasteiger partial charge is 0.450 e. The van der Waals surface area contributed by atoms with Gasteiger partial charge in [0.25, 0.3) is 0 Å². The van der Waals surface area contributed by atoms with E-state index in [-0.39, 0.29) is 5.63 Å². The summed E-state index contributed by atoms with van der Waals surface area (Å²) in [6.07, 6.45) is 1.70. The minimum Gasteiger partial charge on any atom is -0.450 e. The number of amides is 1. The van der Waals surface area contributed by atoms with Crippen molar-refractivity contribution in [3.63, 3.8) is 0 Å². The van der Waals surface area contributed by atoms with Gasteiger partial charge in [-0.2, -0.15) is 0 Å². The lowest BCUT2D eigenvalue weighted by Gasteiger charge is -2.39. The minimum absolute atomic E-state index is 0.292. The van der Waals surface area contributed by atoms with Gasteiger partial charge in [-0.15, -0.1) is 0 Å². The van der Waals surface area contributed by atoms with Crippen molar-refractivity contribution in [1.82, 2.24) is 9.80 Å². The summed E-state index contributed by atoms with van der Waals surface area (Å²) in [5.74, 6) is 0. The molecule has 1 N–H and O–H groups in total. The summed E-state index contributed by atoms with van der Waals surface area (Å²) in [6.45, 7) is 6.04. The van der Waals surface area contributed by atoms with Crippen LogP contribution in [-0.2, 0) is 11.3 Å². The lowest BCUT2D eigenvalue weighted by Crippen LogP contribution is -2.46. The standard InChI is InChI=1S/C21H29N3O4/c1-5-27-21(26)22-16-6-7-18-15(11-20(25)28-19(18)12-16)13-24(4)17-8-9-23(3)14(2)10-17/h6-7,11-12,14,17H,5,8-10,13H2,1-4H3,(H,22,26)/t14-,17+/m0/s1. The van der Waals surface area contributed by atoms with Crippen LogP contribution in [0.25, 0.3) is 11.0 Å². The number of ether oxygens (including phenoxy) is 1. The highest BCUT2D eigenvalue weighted by Gasteiger charge is 2.26. The Kier molecular flexibility index (Phi) is 6.36. The molecule has 1 amide bonds. The number of carbonyl (C=O) groups is 1. The van der Waals surface area contributed by atoms with Gasteiger partial charge in [-0.05, 0) is 65.0 Å². The Morgan fingerprint density at radius 3 is 2.89 bits per heavy atom. The molecule has 1 fully saturated rings. The first-order valence-corrected chi connectivity index (χ1v) is 9.78. The second-order valence-electron chi connectivity index (χ2n) is 7.57. The van der Waals surface area contributed by atoms with Crippen LogP contribution in [0.1, 0.15) is 32.3 Å². The summed E-state index contributed by atoms with van der Waals surface area (Å²) < 4.78 is 10.3. The third-order valence-electron chi connectivity index (χ3n) is 5.58. The molecule has 1 saturated heterocycles. The van der Waals surface area contributed by atoms with Crippen molar-refractivity contribution < 1.29 is 13.9 Å². The Morgan fingerprint density at radius 2 is 2.18 bits per heavy atom. The fourth-order valence-corrected chi connectivity index (χ4v) is 3.79. The molecule has 0 spiro atoms. The maximum atomic E-state index is 12.1. The second kappa shape index (κ2) is 8.75.